The lowest BCUT2D eigenvalue weighted by Crippen LogP contribution is -2.45. The number of nitrogens with zero attached hydrogens (tertiary/aromatic N) is 1. The molecule has 5 nitrogen and oxygen atoms in total. The number of hydrogen-bond donors (Lipinski definition) is 2. The Balaban J connectivity index is 0.00000300. The summed E-state index contributed by atoms with van der Waals surface area (Å²) >= 11 is 0. The molecule has 3 rings (SSSR count). The van der Waals surface area contributed by atoms with Gasteiger partial charge in [0, 0.05) is 45.9 Å². The summed E-state index contributed by atoms with van der Waals surface area (Å²) in [5.41, 5.74) is 1.63. The predicted octanol–water partition coefficient (Wildman–Crippen LogP) is 4.53. The largest absolute Gasteiger partial charge is 0.382 e. The van der Waals surface area contributed by atoms with E-state index in [1.807, 2.05) is 7.05 Å². The smallest absolute Gasteiger partial charge is 0.191 e. The summed E-state index contributed by atoms with van der Waals surface area (Å²) in [6.45, 7) is 6.43. The summed E-state index contributed by atoms with van der Waals surface area (Å²) in [6.07, 6.45) is 7.64. The predicted molar refractivity (Wildman–Crippen MR) is 130 cm³/mol. The van der Waals surface area contributed by atoms with Crippen LogP contribution < -0.4 is 10.6 Å². The molecule has 1 aromatic rings. The van der Waals surface area contributed by atoms with Crippen LogP contribution in [0.25, 0.3) is 0 Å². The molecule has 0 spiro atoms. The molecule has 2 unspecified atom stereocenters. The first-order chi connectivity index (χ1) is 13.8. The highest BCUT2D eigenvalue weighted by Gasteiger charge is 2.34. The Bertz CT molecular complexity index is 605. The van der Waals surface area contributed by atoms with E-state index in [2.05, 4.69) is 52.9 Å². The fourth-order valence-electron chi connectivity index (χ4n) is 4.65. The number of guanidine groups is 1. The Hall–Kier alpha value is -0.860. The van der Waals surface area contributed by atoms with Gasteiger partial charge in [0.1, 0.15) is 0 Å². The molecule has 1 saturated carbocycles. The van der Waals surface area contributed by atoms with E-state index in [-0.39, 0.29) is 30.1 Å². The van der Waals surface area contributed by atoms with E-state index >= 15 is 0 Å². The molecule has 1 heterocycles. The van der Waals surface area contributed by atoms with Gasteiger partial charge in [0.15, 0.2) is 5.96 Å². The Labute approximate surface area is 193 Å². The molecule has 2 aliphatic rings. The zero-order valence-electron chi connectivity index (χ0n) is 18.0. The van der Waals surface area contributed by atoms with Crippen molar-refractivity contribution in [1.29, 1.82) is 0 Å². The van der Waals surface area contributed by atoms with Gasteiger partial charge in [0.2, 0.25) is 0 Å². The van der Waals surface area contributed by atoms with Crippen LogP contribution in [0.4, 0.5) is 0 Å². The maximum Gasteiger partial charge on any atom is 0.191 e. The van der Waals surface area contributed by atoms with Crippen LogP contribution in [0.3, 0.4) is 0 Å². The molecule has 2 fully saturated rings. The van der Waals surface area contributed by atoms with Crippen molar-refractivity contribution in [1.82, 2.24) is 10.6 Å². The minimum Gasteiger partial charge on any atom is -0.382 e. The minimum absolute atomic E-state index is 0. The Kier molecular flexibility index (Phi) is 10.7. The highest BCUT2D eigenvalue weighted by Crippen LogP contribution is 2.40. The Morgan fingerprint density at radius 1 is 1.21 bits per heavy atom. The molecule has 1 aliphatic carbocycles. The molecular formula is C23H38IN3O2. The zero-order valence-corrected chi connectivity index (χ0v) is 20.3. The number of halogens is 1. The third-order valence-corrected chi connectivity index (χ3v) is 6.37. The van der Waals surface area contributed by atoms with Crippen molar-refractivity contribution in [3.63, 3.8) is 0 Å². The second-order valence-corrected chi connectivity index (χ2v) is 8.21. The van der Waals surface area contributed by atoms with Crippen LogP contribution in [0.15, 0.2) is 35.3 Å². The highest BCUT2D eigenvalue weighted by atomic mass is 127. The average molecular weight is 515 g/mol. The van der Waals surface area contributed by atoms with Crippen molar-refractivity contribution < 1.29 is 9.47 Å². The molecule has 1 saturated heterocycles. The first-order valence-corrected chi connectivity index (χ1v) is 11.0. The third-order valence-electron chi connectivity index (χ3n) is 6.37. The van der Waals surface area contributed by atoms with E-state index in [1.54, 1.807) is 0 Å². The molecule has 164 valence electrons. The van der Waals surface area contributed by atoms with Crippen LogP contribution in [-0.4, -0.2) is 45.9 Å². The summed E-state index contributed by atoms with van der Waals surface area (Å²) in [7, 11) is 1.86. The number of benzene rings is 1. The summed E-state index contributed by atoms with van der Waals surface area (Å²) in [5.74, 6) is 1.38. The van der Waals surface area contributed by atoms with Crippen LogP contribution in [0.2, 0.25) is 0 Å². The second kappa shape index (κ2) is 12.7. The van der Waals surface area contributed by atoms with Gasteiger partial charge in [-0.1, -0.05) is 43.2 Å². The topological polar surface area (TPSA) is 54.9 Å². The average Bonchev–Trinajstić information content (AvgIpc) is 3.39. The van der Waals surface area contributed by atoms with Gasteiger partial charge in [-0.05, 0) is 43.6 Å². The minimum atomic E-state index is 0. The number of nitrogens with one attached hydrogen (secondary N) is 2. The Morgan fingerprint density at radius 2 is 1.97 bits per heavy atom. The van der Waals surface area contributed by atoms with Crippen molar-refractivity contribution in [2.45, 2.75) is 51.6 Å². The van der Waals surface area contributed by atoms with Crippen molar-refractivity contribution in [3.8, 4) is 0 Å². The third kappa shape index (κ3) is 7.10. The highest BCUT2D eigenvalue weighted by molar-refractivity contribution is 14.0. The number of ether oxygens (including phenoxy) is 2. The molecule has 1 aromatic carbocycles. The molecule has 29 heavy (non-hydrogen) atoms. The van der Waals surface area contributed by atoms with E-state index in [0.29, 0.717) is 11.3 Å². The fourth-order valence-corrected chi connectivity index (χ4v) is 4.65. The normalized spacial score (nSPS) is 23.6. The van der Waals surface area contributed by atoms with Gasteiger partial charge in [0.25, 0.3) is 0 Å². The van der Waals surface area contributed by atoms with Crippen LogP contribution in [0.1, 0.15) is 57.1 Å². The van der Waals surface area contributed by atoms with E-state index in [1.165, 1.54) is 31.2 Å². The van der Waals surface area contributed by atoms with Gasteiger partial charge < -0.3 is 20.1 Å². The van der Waals surface area contributed by atoms with Gasteiger partial charge in [-0.15, -0.1) is 24.0 Å². The molecule has 2 atom stereocenters. The summed E-state index contributed by atoms with van der Waals surface area (Å²) in [4.78, 5) is 4.46. The zero-order chi connectivity index (χ0) is 19.7. The number of aliphatic imine (C=N–C) groups is 1. The second-order valence-electron chi connectivity index (χ2n) is 8.21. The lowest BCUT2D eigenvalue weighted by Gasteiger charge is -2.30. The van der Waals surface area contributed by atoms with Crippen molar-refractivity contribution >= 4 is 29.9 Å². The van der Waals surface area contributed by atoms with E-state index in [4.69, 9.17) is 9.47 Å². The summed E-state index contributed by atoms with van der Waals surface area (Å²) in [6, 6.07) is 10.6. The van der Waals surface area contributed by atoms with Crippen LogP contribution >= 0.6 is 24.0 Å². The lowest BCUT2D eigenvalue weighted by atomic mass is 9.83. The first-order valence-electron chi connectivity index (χ1n) is 11.0. The fraction of sp³-hybridized carbons (Fsp3) is 0.696. The van der Waals surface area contributed by atoms with Crippen molar-refractivity contribution in [3.05, 3.63) is 35.9 Å². The summed E-state index contributed by atoms with van der Waals surface area (Å²) in [5, 5.41) is 7.15. The molecule has 0 aromatic heterocycles. The van der Waals surface area contributed by atoms with Gasteiger partial charge in [-0.2, -0.15) is 0 Å². The van der Waals surface area contributed by atoms with Gasteiger partial charge >= 0.3 is 0 Å². The van der Waals surface area contributed by atoms with Crippen LogP contribution in [-0.2, 0) is 9.47 Å². The number of rotatable bonds is 9. The first kappa shape index (κ1) is 24.4. The molecule has 0 radical (unpaired) electrons. The lowest BCUT2D eigenvalue weighted by molar-refractivity contribution is 0.0914. The maximum atomic E-state index is 6.02. The van der Waals surface area contributed by atoms with E-state index in [0.717, 1.165) is 51.7 Å². The van der Waals surface area contributed by atoms with Crippen molar-refractivity contribution in [2.24, 2.45) is 16.3 Å². The van der Waals surface area contributed by atoms with E-state index < -0.39 is 0 Å². The standard InChI is InChI=1S/C23H37N3O2.HI/c1-3-27-16-14-23(12-7-8-13-23)18-26-22(24-2)25-17-20-11-15-28-21(20)19-9-5-4-6-10-19;/h4-6,9-10,20-21H,3,7-8,11-18H2,1-2H3,(H2,24,25,26);1H. The number of hydrogen-bond acceptors (Lipinski definition) is 3. The maximum absolute atomic E-state index is 6.02. The molecule has 6 heteroatoms. The van der Waals surface area contributed by atoms with Crippen LogP contribution in [0, 0.1) is 11.3 Å². The molecule has 0 amide bonds. The van der Waals surface area contributed by atoms with Crippen molar-refractivity contribution in [2.75, 3.05) is 40.0 Å². The Morgan fingerprint density at radius 3 is 2.66 bits per heavy atom. The van der Waals surface area contributed by atoms with Crippen LogP contribution in [0.5, 0.6) is 0 Å². The molecule has 1 aliphatic heterocycles. The van der Waals surface area contributed by atoms with E-state index in [9.17, 15) is 0 Å². The monoisotopic (exact) mass is 515 g/mol. The molecule has 0 bridgehead atoms. The SMILES string of the molecule is CCOCCC1(CNC(=NC)NCC2CCOC2c2ccccc2)CCCC1.I. The molecular weight excluding hydrogens is 477 g/mol. The quantitative estimate of drug-likeness (QED) is 0.220. The summed E-state index contributed by atoms with van der Waals surface area (Å²) < 4.78 is 11.7. The van der Waals surface area contributed by atoms with Gasteiger partial charge in [0.05, 0.1) is 6.10 Å². The molecule has 2 N–H and O–H groups in total. The van der Waals surface area contributed by atoms with Gasteiger partial charge in [-0.3, -0.25) is 4.99 Å². The van der Waals surface area contributed by atoms with Gasteiger partial charge in [-0.25, -0.2) is 0 Å².